The average molecular weight is 235 g/mol. The highest BCUT2D eigenvalue weighted by Gasteiger charge is 2.15. The zero-order valence-corrected chi connectivity index (χ0v) is 8.78. The second-order valence-electron chi connectivity index (χ2n) is 2.81. The Morgan fingerprint density at radius 1 is 1.40 bits per heavy atom. The first-order chi connectivity index (χ1) is 7.06. The van der Waals surface area contributed by atoms with Crippen LogP contribution in [0.2, 0.25) is 5.02 Å². The van der Waals surface area contributed by atoms with Gasteiger partial charge in [-0.2, -0.15) is 0 Å². The number of hydrogen-bond donors (Lipinski definition) is 0. The fraction of sp³-hybridized carbons (Fsp3) is 0.300. The molecule has 0 unspecified atom stereocenters. The Balaban J connectivity index is 2.94. The minimum absolute atomic E-state index is 0.269. The Morgan fingerprint density at radius 2 is 2.07 bits per heavy atom. The lowest BCUT2D eigenvalue weighted by Crippen LogP contribution is -2.11. The number of Topliss-reactive ketones (excluding diaryl/α,β-unsaturated/α-hetero) is 1. The van der Waals surface area contributed by atoms with Crippen molar-refractivity contribution in [1.82, 2.24) is 0 Å². The quantitative estimate of drug-likeness (QED) is 0.592. The number of carbonyl (C=O) groups is 1. The number of hydrogen-bond acceptors (Lipinski definition) is 2. The predicted octanol–water partition coefficient (Wildman–Crippen LogP) is 2.84. The molecule has 0 amide bonds. The van der Waals surface area contributed by atoms with Gasteiger partial charge in [0.05, 0.1) is 10.6 Å². The van der Waals surface area contributed by atoms with Crippen LogP contribution in [0.5, 0.6) is 0 Å². The van der Waals surface area contributed by atoms with Crippen LogP contribution in [0.15, 0.2) is 12.1 Å². The topological polar surface area (TPSA) is 26.3 Å². The number of ether oxygens (including phenoxy) is 1. The Hall–Kier alpha value is -1.00. The number of rotatable bonds is 4. The third kappa shape index (κ3) is 2.97. The Kier molecular flexibility index (Phi) is 4.17. The summed E-state index contributed by atoms with van der Waals surface area (Å²) in [5.74, 6) is -2.27. The van der Waals surface area contributed by atoms with Crippen LogP contribution in [0.4, 0.5) is 8.78 Å². The molecule has 0 aromatic heterocycles. The third-order valence-corrected chi connectivity index (χ3v) is 2.04. The normalized spacial score (nSPS) is 10.4. The van der Waals surface area contributed by atoms with Gasteiger partial charge in [0.1, 0.15) is 18.2 Å². The van der Waals surface area contributed by atoms with Gasteiger partial charge in [0.2, 0.25) is 0 Å². The van der Waals surface area contributed by atoms with E-state index >= 15 is 0 Å². The van der Waals surface area contributed by atoms with E-state index in [0.29, 0.717) is 6.61 Å². The van der Waals surface area contributed by atoms with Crippen molar-refractivity contribution in [1.29, 1.82) is 0 Å². The molecule has 0 spiro atoms. The molecule has 0 atom stereocenters. The molecule has 2 nitrogen and oxygen atoms in total. The molecule has 1 rings (SSSR count). The molecule has 82 valence electrons. The van der Waals surface area contributed by atoms with Gasteiger partial charge in [0.25, 0.3) is 0 Å². The zero-order chi connectivity index (χ0) is 11.4. The lowest BCUT2D eigenvalue weighted by atomic mass is 10.1. The van der Waals surface area contributed by atoms with Gasteiger partial charge in [-0.3, -0.25) is 4.79 Å². The Bertz CT molecular complexity index is 380. The Labute approximate surface area is 90.8 Å². The molecule has 0 saturated heterocycles. The fourth-order valence-corrected chi connectivity index (χ4v) is 1.16. The van der Waals surface area contributed by atoms with Crippen molar-refractivity contribution in [3.63, 3.8) is 0 Å². The van der Waals surface area contributed by atoms with Crippen LogP contribution in [0, 0.1) is 11.6 Å². The number of halogens is 3. The summed E-state index contributed by atoms with van der Waals surface area (Å²) in [7, 11) is 0. The Morgan fingerprint density at radius 3 is 2.67 bits per heavy atom. The summed E-state index contributed by atoms with van der Waals surface area (Å²) in [6, 6.07) is 1.55. The summed E-state index contributed by atoms with van der Waals surface area (Å²) in [5, 5.41) is -0.347. The molecular weight excluding hydrogens is 226 g/mol. The summed E-state index contributed by atoms with van der Waals surface area (Å²) in [6.45, 7) is 1.77. The highest BCUT2D eigenvalue weighted by atomic mass is 35.5. The molecule has 5 heteroatoms. The first kappa shape index (κ1) is 12.1. The maximum atomic E-state index is 13.2. The molecule has 0 N–H and O–H groups in total. The number of ketones is 1. The maximum Gasteiger partial charge on any atom is 0.191 e. The minimum Gasteiger partial charge on any atom is -0.374 e. The molecule has 0 saturated carbocycles. The van der Waals surface area contributed by atoms with Crippen LogP contribution in [-0.4, -0.2) is 19.0 Å². The van der Waals surface area contributed by atoms with E-state index in [0.717, 1.165) is 12.1 Å². The maximum absolute atomic E-state index is 13.2. The van der Waals surface area contributed by atoms with Gasteiger partial charge < -0.3 is 4.74 Å². The molecule has 0 aliphatic rings. The summed E-state index contributed by atoms with van der Waals surface area (Å²) >= 11 is 5.34. The van der Waals surface area contributed by atoms with E-state index < -0.39 is 17.4 Å². The van der Waals surface area contributed by atoms with E-state index in [2.05, 4.69) is 0 Å². The lowest BCUT2D eigenvalue weighted by Gasteiger charge is -2.03. The van der Waals surface area contributed by atoms with Gasteiger partial charge in [-0.05, 0) is 19.1 Å². The third-order valence-electron chi connectivity index (χ3n) is 1.75. The molecular formula is C10H9ClF2O2. The highest BCUT2D eigenvalue weighted by molar-refractivity contribution is 6.30. The van der Waals surface area contributed by atoms with Crippen molar-refractivity contribution in [2.45, 2.75) is 6.92 Å². The first-order valence-electron chi connectivity index (χ1n) is 4.31. The molecule has 15 heavy (non-hydrogen) atoms. The van der Waals surface area contributed by atoms with Crippen molar-refractivity contribution in [2.24, 2.45) is 0 Å². The first-order valence-corrected chi connectivity index (χ1v) is 4.69. The molecule has 0 aliphatic heterocycles. The highest BCUT2D eigenvalue weighted by Crippen LogP contribution is 2.19. The zero-order valence-electron chi connectivity index (χ0n) is 8.02. The SMILES string of the molecule is CCOCC(=O)c1cc(F)c(Cl)cc1F. The largest absolute Gasteiger partial charge is 0.374 e. The van der Waals surface area contributed by atoms with Crippen LogP contribution in [0.25, 0.3) is 0 Å². The summed E-state index contributed by atoms with van der Waals surface area (Å²) in [5.41, 5.74) is -0.342. The molecule has 0 bridgehead atoms. The van der Waals surface area contributed by atoms with Crippen molar-refractivity contribution in [3.8, 4) is 0 Å². The van der Waals surface area contributed by atoms with Gasteiger partial charge in [0, 0.05) is 6.61 Å². The lowest BCUT2D eigenvalue weighted by molar-refractivity contribution is 0.0779. The molecule has 0 fully saturated rings. The van der Waals surface area contributed by atoms with E-state index in [1.54, 1.807) is 6.92 Å². The van der Waals surface area contributed by atoms with Gasteiger partial charge >= 0.3 is 0 Å². The van der Waals surface area contributed by atoms with Gasteiger partial charge in [-0.1, -0.05) is 11.6 Å². The summed E-state index contributed by atoms with van der Waals surface area (Å²) in [4.78, 5) is 11.3. The van der Waals surface area contributed by atoms with Crippen LogP contribution >= 0.6 is 11.6 Å². The number of benzene rings is 1. The van der Waals surface area contributed by atoms with Crippen LogP contribution < -0.4 is 0 Å². The second-order valence-corrected chi connectivity index (χ2v) is 3.21. The van der Waals surface area contributed by atoms with E-state index in [1.165, 1.54) is 0 Å². The van der Waals surface area contributed by atoms with E-state index in [1.807, 2.05) is 0 Å². The molecule has 0 radical (unpaired) electrons. The van der Waals surface area contributed by atoms with Crippen molar-refractivity contribution in [2.75, 3.05) is 13.2 Å². The average Bonchev–Trinajstić information content (AvgIpc) is 2.20. The summed E-state index contributed by atoms with van der Waals surface area (Å²) in [6.07, 6.45) is 0. The second kappa shape index (κ2) is 5.19. The predicted molar refractivity (Wildman–Crippen MR) is 52.2 cm³/mol. The molecule has 0 heterocycles. The van der Waals surface area contributed by atoms with Crippen molar-refractivity contribution >= 4 is 17.4 Å². The van der Waals surface area contributed by atoms with Crippen LogP contribution in [-0.2, 0) is 4.74 Å². The fourth-order valence-electron chi connectivity index (χ4n) is 1.01. The van der Waals surface area contributed by atoms with E-state index in [4.69, 9.17) is 16.3 Å². The van der Waals surface area contributed by atoms with Crippen molar-refractivity contribution < 1.29 is 18.3 Å². The minimum atomic E-state index is -0.842. The smallest absolute Gasteiger partial charge is 0.191 e. The van der Waals surface area contributed by atoms with Gasteiger partial charge in [-0.25, -0.2) is 8.78 Å². The van der Waals surface area contributed by atoms with Gasteiger partial charge in [0.15, 0.2) is 5.78 Å². The van der Waals surface area contributed by atoms with Crippen LogP contribution in [0.3, 0.4) is 0 Å². The molecule has 1 aromatic rings. The standard InChI is InChI=1S/C10H9ClF2O2/c1-2-15-5-10(14)6-3-9(13)7(11)4-8(6)12/h3-4H,2,5H2,1H3. The molecule has 1 aromatic carbocycles. The summed E-state index contributed by atoms with van der Waals surface area (Å²) < 4.78 is 30.9. The molecule has 0 aliphatic carbocycles. The monoisotopic (exact) mass is 234 g/mol. The van der Waals surface area contributed by atoms with E-state index in [-0.39, 0.29) is 17.2 Å². The van der Waals surface area contributed by atoms with E-state index in [9.17, 15) is 13.6 Å². The van der Waals surface area contributed by atoms with Crippen molar-refractivity contribution in [3.05, 3.63) is 34.4 Å². The number of carbonyl (C=O) groups excluding carboxylic acids is 1. The van der Waals surface area contributed by atoms with Gasteiger partial charge in [-0.15, -0.1) is 0 Å². The van der Waals surface area contributed by atoms with Crippen LogP contribution in [0.1, 0.15) is 17.3 Å².